The third-order valence-electron chi connectivity index (χ3n) is 12.0. The highest BCUT2D eigenvalue weighted by atomic mass is 19.5. The van der Waals surface area contributed by atoms with Gasteiger partial charge in [-0.15, -0.1) is 0 Å². The standard InChI is InChI=1S/C5H2F10.C5H3F9.C5H6F6.C5H7F5.C5H9F3.C5H10F2.C4H4F6.C4H5F5.C4H6F4.2C4H7F3.C4H8F2.C3H2F6.2CH3F/c6-1-2(7,8)3(9,4(10,11)12)5(13,14)15;1-2(3(6,7)8,4(9,10)11)5(12,13)14;1-3(2,4(6,7)8)5(9,10)11;1-4(2,3(6)7)5(8,9)10;1-4(2,3)5(6,7)8;1-5(2,3)4(6)7;1-2(3(5,6)7)4(8,9)10;1-2(3(5)6)4(7,8)9;1-3(2,5)4(6,7)8;1-4(2,7)3(5)6;1-3(2)4(5,6)7;1-3(2)4(5)6;4-2(5,6)1-3(7,8)9;2*1-2/h1H2;1H3;1-2H3;3H,1-2H3;1-3H3;4H,1-3H3;2H,1H3;2-3H,1H3;1-2H3;2*3H,1-2H3;3-4H,1-2H3;1H2;2*1H3. The van der Waals surface area contributed by atoms with Gasteiger partial charge in [-0.3, -0.25) is 8.78 Å². The molecule has 0 aromatic heterocycles. The zero-order valence-electron chi connectivity index (χ0n) is 67.1. The van der Waals surface area contributed by atoms with E-state index in [4.69, 9.17) is 0 Å². The summed E-state index contributed by atoms with van der Waals surface area (Å²) < 4.78 is 750. The molecule has 0 heterocycles. The van der Waals surface area contributed by atoms with Gasteiger partial charge in [0, 0.05) is 17.3 Å². The second-order valence-corrected chi connectivity index (χ2v) is 27.7. The summed E-state index contributed by atoms with van der Waals surface area (Å²) >= 11 is 0. The Morgan fingerprint density at radius 3 is 0.448 bits per heavy atom. The minimum absolute atomic E-state index is 0.0833. The monoisotopic (exact) mass is 2040 g/mol. The third-order valence-corrected chi connectivity index (χ3v) is 12.0. The normalized spacial score (nSPS) is 14.1. The lowest BCUT2D eigenvalue weighted by Gasteiger charge is -2.35. The molecule has 0 aromatic carbocycles. The van der Waals surface area contributed by atoms with Gasteiger partial charge >= 0.3 is 110 Å². The van der Waals surface area contributed by atoms with Crippen LogP contribution in [0.15, 0.2) is 0 Å². The van der Waals surface area contributed by atoms with Crippen LogP contribution in [0.25, 0.3) is 0 Å². The maximum absolute atomic E-state index is 12.3. The molecule has 0 aliphatic carbocycles. The van der Waals surface area contributed by atoms with Crippen molar-refractivity contribution in [3.05, 3.63) is 0 Å². The number of alkyl halides is 66. The first-order valence-corrected chi connectivity index (χ1v) is 30.7. The zero-order chi connectivity index (χ0) is 108. The van der Waals surface area contributed by atoms with Gasteiger partial charge < -0.3 is 0 Å². The minimum atomic E-state index is -6.96. The van der Waals surface area contributed by atoms with Crippen molar-refractivity contribution < 1.29 is 290 Å². The first kappa shape index (κ1) is 154. The van der Waals surface area contributed by atoms with Crippen LogP contribution in [0.5, 0.6) is 0 Å². The van der Waals surface area contributed by atoms with E-state index in [-0.39, 0.29) is 20.8 Å². The van der Waals surface area contributed by atoms with Crippen LogP contribution in [0.4, 0.5) is 290 Å². The van der Waals surface area contributed by atoms with Crippen molar-refractivity contribution in [1.29, 1.82) is 0 Å². The van der Waals surface area contributed by atoms with Gasteiger partial charge in [-0.2, -0.15) is 220 Å². The summed E-state index contributed by atoms with van der Waals surface area (Å²) in [5.41, 5.74) is -26.9. The van der Waals surface area contributed by atoms with E-state index in [1.807, 2.05) is 0 Å². The summed E-state index contributed by atoms with van der Waals surface area (Å²) in [7, 11) is 1.00. The lowest BCUT2D eigenvalue weighted by Crippen LogP contribution is -2.65. The van der Waals surface area contributed by atoms with Crippen LogP contribution in [0.2, 0.25) is 0 Å². The van der Waals surface area contributed by atoms with Crippen LogP contribution in [-0.2, 0) is 0 Å². The van der Waals surface area contributed by atoms with E-state index < -0.39 is 225 Å². The SMILES string of the molecule is CC(C(F)(F)F)(C(F)(F)F)C(F)(F)F.CC(C(F)(F)F)C(F)(F)F.CC(C(F)F)C(F)(F)F.CC(C)(C(F)(F)F)C(F)(F)F.CC(C)(C(F)F)C(F)(F)F.CC(C)(C)C(F)(F)F.CC(C)(C)C(F)F.CC(C)(F)C(F)(F)F.CC(C)(F)C(F)F.CC(C)C(F)(F)F.CC(C)C(F)F.CF.CF.FC(F)(F)CC(F)(F)F.FCC(F)(F)C(F)(C(F)(F)F)C(F)(F)F. The minimum Gasteiger partial charge on any atom is -0.255 e. The quantitative estimate of drug-likeness (QED) is 0.233. The second kappa shape index (κ2) is 55.0. The first-order chi connectivity index (χ1) is 52.4. The summed E-state index contributed by atoms with van der Waals surface area (Å²) in [6.45, 7) is 13.2. The summed E-state index contributed by atoms with van der Waals surface area (Å²) in [5.74, 6) is -13.7. The fourth-order valence-corrected chi connectivity index (χ4v) is 1.99. The number of halogens is 66. The fourth-order valence-electron chi connectivity index (χ4n) is 1.99. The van der Waals surface area contributed by atoms with E-state index in [1.165, 1.54) is 34.6 Å². The van der Waals surface area contributed by atoms with Crippen LogP contribution in [0.3, 0.4) is 0 Å². The average Bonchev–Trinajstić information content (AvgIpc) is 0.738. The lowest BCUT2D eigenvalue weighted by molar-refractivity contribution is -0.420. The van der Waals surface area contributed by atoms with Crippen LogP contribution in [-0.4, -0.2) is 175 Å². The van der Waals surface area contributed by atoms with E-state index >= 15 is 0 Å². The Kier molecular flexibility index (Phi) is 68.0. The Balaban J connectivity index is -0.0000000810. The van der Waals surface area contributed by atoms with E-state index in [0.717, 1.165) is 48.5 Å². The van der Waals surface area contributed by atoms with Gasteiger partial charge in [0.2, 0.25) is 19.3 Å². The van der Waals surface area contributed by atoms with Gasteiger partial charge in [0.1, 0.15) is 23.7 Å². The average molecular weight is 2050 g/mol. The molecule has 0 spiro atoms. The van der Waals surface area contributed by atoms with Crippen LogP contribution in [0.1, 0.15) is 152 Å². The van der Waals surface area contributed by atoms with Crippen molar-refractivity contribution in [2.45, 2.75) is 306 Å². The molecule has 125 heavy (non-hydrogen) atoms. The van der Waals surface area contributed by atoms with Crippen LogP contribution < -0.4 is 0 Å². The molecule has 0 nitrogen and oxygen atoms in total. The maximum Gasteiger partial charge on any atom is 0.437 e. The molecule has 0 saturated heterocycles. The molecule has 0 aliphatic rings. The summed E-state index contributed by atoms with van der Waals surface area (Å²) in [6, 6.07) is 0. The smallest absolute Gasteiger partial charge is 0.255 e. The largest absolute Gasteiger partial charge is 0.437 e. The van der Waals surface area contributed by atoms with Gasteiger partial charge in [-0.05, 0) is 76.2 Å². The summed E-state index contributed by atoms with van der Waals surface area (Å²) in [6.07, 6.45) is -103. The molecule has 66 heteroatoms. The predicted molar refractivity (Wildman–Crippen MR) is 313 cm³/mol. The van der Waals surface area contributed by atoms with Crippen molar-refractivity contribution in [1.82, 2.24) is 0 Å². The Morgan fingerprint density at radius 2 is 0.440 bits per heavy atom. The Hall–Kier alpha value is -4.62. The molecule has 0 saturated carbocycles. The van der Waals surface area contributed by atoms with Gasteiger partial charge in [0.25, 0.3) is 18.3 Å². The number of hydrogen-bond donors (Lipinski definition) is 0. The zero-order valence-corrected chi connectivity index (χ0v) is 67.1. The van der Waals surface area contributed by atoms with Gasteiger partial charge in [-0.25, -0.2) is 61.5 Å². The Bertz CT molecular complexity index is 2390. The van der Waals surface area contributed by atoms with Gasteiger partial charge in [0.05, 0.1) is 19.8 Å². The highest BCUT2D eigenvalue weighted by Crippen LogP contribution is 2.60. The highest BCUT2D eigenvalue weighted by Gasteiger charge is 2.84. The van der Waals surface area contributed by atoms with Crippen LogP contribution in [0, 0.1) is 50.7 Å². The van der Waals surface area contributed by atoms with Gasteiger partial charge in [0.15, 0.2) is 23.4 Å². The Morgan fingerprint density at radius 1 is 0.248 bits per heavy atom. The number of hydrogen-bond acceptors (Lipinski definition) is 0. The predicted octanol–water partition coefficient (Wildman–Crippen LogP) is 35.3. The highest BCUT2D eigenvalue weighted by molar-refractivity contribution is 5.05. The lowest BCUT2D eigenvalue weighted by atomic mass is 9.88. The molecule has 0 radical (unpaired) electrons. The van der Waals surface area contributed by atoms with E-state index in [9.17, 15) is 290 Å². The van der Waals surface area contributed by atoms with Crippen molar-refractivity contribution >= 4 is 0 Å². The summed E-state index contributed by atoms with van der Waals surface area (Å²) in [4.78, 5) is 0. The van der Waals surface area contributed by atoms with Crippen LogP contribution >= 0.6 is 0 Å². The molecular weight excluding hydrogens is 1960 g/mol. The van der Waals surface area contributed by atoms with Crippen molar-refractivity contribution in [2.75, 3.05) is 21.0 Å². The number of rotatable bonds is 6. The molecule has 1 atom stereocenters. The maximum atomic E-state index is 12.3. The molecular formula is C59H82F66. The van der Waals surface area contributed by atoms with E-state index in [2.05, 4.69) is 0 Å². The molecule has 0 fully saturated rings. The second-order valence-electron chi connectivity index (χ2n) is 27.7. The summed E-state index contributed by atoms with van der Waals surface area (Å²) in [5, 5.41) is 0. The van der Waals surface area contributed by atoms with Crippen molar-refractivity contribution in [2.24, 2.45) is 50.7 Å². The fraction of sp³-hybridized carbons (Fsp3) is 1.00. The first-order valence-electron chi connectivity index (χ1n) is 30.7. The van der Waals surface area contributed by atoms with Crippen molar-refractivity contribution in [3.8, 4) is 0 Å². The van der Waals surface area contributed by atoms with Gasteiger partial charge in [-0.1, -0.05) is 69.2 Å². The Labute approximate surface area is 667 Å². The topological polar surface area (TPSA) is 0 Å². The molecule has 0 amide bonds. The van der Waals surface area contributed by atoms with E-state index in [1.54, 1.807) is 0 Å². The van der Waals surface area contributed by atoms with E-state index in [0.29, 0.717) is 49.0 Å². The van der Waals surface area contributed by atoms with Crippen molar-refractivity contribution in [3.63, 3.8) is 0 Å². The third kappa shape index (κ3) is 69.9. The molecule has 0 rings (SSSR count). The molecule has 0 bridgehead atoms. The molecule has 780 valence electrons. The molecule has 0 N–H and O–H groups in total. The molecule has 0 aromatic rings. The molecule has 0 aliphatic heterocycles. The molecule has 1 unspecified atom stereocenters.